The van der Waals surface area contributed by atoms with Crippen molar-refractivity contribution in [1.29, 1.82) is 0 Å². The number of fused-ring (bicyclic) bond motifs is 1. The molecule has 6 aromatic rings. The molecule has 0 aliphatic carbocycles. The van der Waals surface area contributed by atoms with Crippen molar-refractivity contribution in [3.8, 4) is 11.5 Å². The zero-order valence-corrected chi connectivity index (χ0v) is 33.6. The number of amides is 1. The van der Waals surface area contributed by atoms with Gasteiger partial charge in [-0.3, -0.25) is 29.6 Å². The Morgan fingerprint density at radius 1 is 0.855 bits per heavy atom. The average Bonchev–Trinajstić information content (AvgIpc) is 3.92. The second-order valence-corrected chi connectivity index (χ2v) is 14.1. The zero-order valence-electron chi connectivity index (χ0n) is 33.6. The number of ether oxygens (including phenoxy) is 6. The number of aliphatic carboxylic acids is 1. The maximum absolute atomic E-state index is 12.9. The summed E-state index contributed by atoms with van der Waals surface area (Å²) in [6.07, 6.45) is -0.715. The lowest BCUT2D eigenvalue weighted by atomic mass is 9.79. The number of aromatic nitrogens is 4. The summed E-state index contributed by atoms with van der Waals surface area (Å²) in [6.45, 7) is -0.279. The van der Waals surface area contributed by atoms with E-state index in [0.29, 0.717) is 23.6 Å². The van der Waals surface area contributed by atoms with Crippen LogP contribution in [0.2, 0.25) is 0 Å². The quantitative estimate of drug-likeness (QED) is 0.0401. The molecule has 3 heterocycles. The second-order valence-electron chi connectivity index (χ2n) is 14.1. The first-order valence-corrected chi connectivity index (χ1v) is 19.5. The maximum atomic E-state index is 12.9. The van der Waals surface area contributed by atoms with Crippen LogP contribution in [0.4, 0.5) is 16.3 Å². The first-order valence-electron chi connectivity index (χ1n) is 19.5. The number of anilines is 1. The number of methoxy groups -OCH3 is 2. The molecule has 18 heteroatoms. The van der Waals surface area contributed by atoms with E-state index in [1.54, 1.807) is 30.9 Å². The topological polar surface area (TPSA) is 226 Å². The van der Waals surface area contributed by atoms with Gasteiger partial charge in [-0.2, -0.15) is 0 Å². The van der Waals surface area contributed by atoms with E-state index in [1.165, 1.54) is 24.8 Å². The summed E-state index contributed by atoms with van der Waals surface area (Å²) in [7, 11) is 3.17. The third-order valence-electron chi connectivity index (χ3n) is 10.3. The number of benzene rings is 4. The van der Waals surface area contributed by atoms with Crippen LogP contribution >= 0.6 is 0 Å². The van der Waals surface area contributed by atoms with Crippen molar-refractivity contribution in [3.05, 3.63) is 148 Å². The van der Waals surface area contributed by atoms with Crippen molar-refractivity contribution in [3.63, 3.8) is 0 Å². The van der Waals surface area contributed by atoms with E-state index in [4.69, 9.17) is 33.5 Å². The normalized spacial score (nSPS) is 16.1. The smallest absolute Gasteiger partial charge is 0.412 e. The monoisotopic (exact) mass is 846 g/mol. The Morgan fingerprint density at radius 3 is 2.11 bits per heavy atom. The summed E-state index contributed by atoms with van der Waals surface area (Å²) in [6, 6.07) is 30.6. The Kier molecular flexibility index (Phi) is 13.3. The highest BCUT2D eigenvalue weighted by Gasteiger charge is 2.47. The number of esters is 1. The van der Waals surface area contributed by atoms with Gasteiger partial charge in [-0.15, -0.1) is 0 Å². The van der Waals surface area contributed by atoms with Gasteiger partial charge in [-0.05, 0) is 46.5 Å². The summed E-state index contributed by atoms with van der Waals surface area (Å²) in [5, 5.41) is 22.7. The molecular formula is C44H42N6O12. The molecule has 0 bridgehead atoms. The molecule has 62 heavy (non-hydrogen) atoms. The van der Waals surface area contributed by atoms with Crippen LogP contribution < -0.4 is 14.8 Å². The summed E-state index contributed by atoms with van der Waals surface area (Å²) in [5.74, 6) is -0.497. The van der Waals surface area contributed by atoms with E-state index < -0.39 is 53.4 Å². The summed E-state index contributed by atoms with van der Waals surface area (Å²) in [5.41, 5.74) is 2.27. The fourth-order valence-corrected chi connectivity index (χ4v) is 7.19. The Bertz CT molecular complexity index is 2450. The number of carboxylic acid groups (broad SMARTS) is 1. The SMILES string of the molecule is COc1ccc(C(O[C@H]2C[C@H](n3cnc4c(NC(=O)OCCc5ccc([N+](=O)[O-])cc5)ncnc43)O[C@@H]2COC(=O)CCC(=O)O)(c2ccccc2)c2ccc(OC)cc2)cc1. The van der Waals surface area contributed by atoms with Crippen molar-refractivity contribution in [2.45, 2.75) is 49.7 Å². The summed E-state index contributed by atoms with van der Waals surface area (Å²) < 4.78 is 37.6. The van der Waals surface area contributed by atoms with Crippen molar-refractivity contribution < 1.29 is 52.8 Å². The molecule has 1 saturated heterocycles. The predicted molar refractivity (Wildman–Crippen MR) is 221 cm³/mol. The van der Waals surface area contributed by atoms with Crippen LogP contribution in [-0.4, -0.2) is 87.2 Å². The van der Waals surface area contributed by atoms with Gasteiger partial charge in [0.15, 0.2) is 17.0 Å². The number of hydrogen-bond donors (Lipinski definition) is 2. The lowest BCUT2D eigenvalue weighted by Crippen LogP contribution is -2.41. The third-order valence-corrected chi connectivity index (χ3v) is 10.3. The van der Waals surface area contributed by atoms with Gasteiger partial charge in [0.05, 0.1) is 51.0 Å². The van der Waals surface area contributed by atoms with Gasteiger partial charge in [-0.25, -0.2) is 19.7 Å². The number of non-ortho nitro benzene ring substituents is 1. The van der Waals surface area contributed by atoms with E-state index in [-0.39, 0.29) is 43.1 Å². The van der Waals surface area contributed by atoms with Gasteiger partial charge in [0, 0.05) is 25.0 Å². The number of carbonyl (C=O) groups excluding carboxylic acids is 2. The zero-order chi connectivity index (χ0) is 43.6. The van der Waals surface area contributed by atoms with Gasteiger partial charge in [0.25, 0.3) is 5.69 Å². The molecule has 0 radical (unpaired) electrons. The van der Waals surface area contributed by atoms with Gasteiger partial charge in [-0.1, -0.05) is 66.7 Å². The van der Waals surface area contributed by atoms with E-state index in [0.717, 1.165) is 22.3 Å². The van der Waals surface area contributed by atoms with Crippen molar-refractivity contribution in [2.24, 2.45) is 0 Å². The van der Waals surface area contributed by atoms with Crippen LogP contribution in [0.3, 0.4) is 0 Å². The number of carboxylic acids is 1. The Balaban J connectivity index is 1.19. The van der Waals surface area contributed by atoms with Crippen LogP contribution in [0.15, 0.2) is 116 Å². The molecule has 2 aromatic heterocycles. The molecule has 1 fully saturated rings. The summed E-state index contributed by atoms with van der Waals surface area (Å²) in [4.78, 5) is 60.5. The molecule has 320 valence electrons. The lowest BCUT2D eigenvalue weighted by molar-refractivity contribution is -0.384. The average molecular weight is 847 g/mol. The van der Waals surface area contributed by atoms with E-state index in [2.05, 4.69) is 20.3 Å². The number of imidazole rings is 1. The Hall–Kier alpha value is -7.44. The standard InChI is InChI=1S/C44H42N6O12/c1-57-33-16-10-30(11-17-33)44(29-6-4-3-5-7-29,31-12-18-34(58-2)19-13-31)62-35-24-37(61-36(35)25-60-39(53)21-20-38(51)52)49-27-47-40-41(45-26-46-42(40)49)48-43(54)59-23-22-28-8-14-32(15-9-28)50(55)56/h3-19,26-27,35-37H,20-25H2,1-2H3,(H,51,52)(H,45,46,48,54)/t35-,36+,37+/m0/s1. The number of rotatable bonds is 18. The van der Waals surface area contributed by atoms with Gasteiger partial charge in [0.2, 0.25) is 0 Å². The van der Waals surface area contributed by atoms with E-state index >= 15 is 0 Å². The molecule has 0 unspecified atom stereocenters. The summed E-state index contributed by atoms with van der Waals surface area (Å²) >= 11 is 0. The maximum Gasteiger partial charge on any atom is 0.412 e. The van der Waals surface area contributed by atoms with Gasteiger partial charge >= 0.3 is 18.0 Å². The number of nitro groups is 1. The molecule has 2 N–H and O–H groups in total. The molecule has 18 nitrogen and oxygen atoms in total. The minimum atomic E-state index is -1.27. The lowest BCUT2D eigenvalue weighted by Gasteiger charge is -2.39. The van der Waals surface area contributed by atoms with Crippen molar-refractivity contribution >= 4 is 40.7 Å². The van der Waals surface area contributed by atoms with E-state index in [1.807, 2.05) is 78.9 Å². The molecule has 4 aromatic carbocycles. The fraction of sp³-hybridized carbons (Fsp3) is 0.273. The molecule has 1 aliphatic rings. The van der Waals surface area contributed by atoms with Crippen molar-refractivity contribution in [2.75, 3.05) is 32.8 Å². The first-order chi connectivity index (χ1) is 30.1. The fourth-order valence-electron chi connectivity index (χ4n) is 7.19. The van der Waals surface area contributed by atoms with Crippen LogP contribution in [0.25, 0.3) is 11.2 Å². The van der Waals surface area contributed by atoms with Crippen LogP contribution in [-0.2, 0) is 40.6 Å². The van der Waals surface area contributed by atoms with Crippen LogP contribution in [0.5, 0.6) is 11.5 Å². The van der Waals surface area contributed by atoms with E-state index in [9.17, 15) is 24.5 Å². The molecule has 0 spiro atoms. The molecular weight excluding hydrogens is 805 g/mol. The number of nitrogens with one attached hydrogen (secondary N) is 1. The number of nitrogens with zero attached hydrogens (tertiary/aromatic N) is 5. The van der Waals surface area contributed by atoms with Gasteiger partial charge in [0.1, 0.15) is 42.4 Å². The molecule has 1 aliphatic heterocycles. The van der Waals surface area contributed by atoms with Gasteiger partial charge < -0.3 is 33.5 Å². The molecule has 7 rings (SSSR count). The number of nitro benzene ring substituents is 1. The van der Waals surface area contributed by atoms with Crippen molar-refractivity contribution in [1.82, 2.24) is 19.5 Å². The molecule has 1 amide bonds. The highest BCUT2D eigenvalue weighted by molar-refractivity contribution is 5.93. The Morgan fingerprint density at radius 2 is 1.50 bits per heavy atom. The highest BCUT2D eigenvalue weighted by Crippen LogP contribution is 2.46. The first kappa shape index (κ1) is 42.7. The number of carbonyl (C=O) groups is 3. The third kappa shape index (κ3) is 9.61. The minimum absolute atomic E-state index is 0.0105. The number of hydrogen-bond acceptors (Lipinski definition) is 14. The predicted octanol–water partition coefficient (Wildman–Crippen LogP) is 6.62. The Labute approximate surface area is 354 Å². The van der Waals surface area contributed by atoms with Crippen LogP contribution in [0, 0.1) is 10.1 Å². The molecule has 0 saturated carbocycles. The minimum Gasteiger partial charge on any atom is -0.497 e. The van der Waals surface area contributed by atoms with Crippen LogP contribution in [0.1, 0.15) is 47.7 Å². The largest absolute Gasteiger partial charge is 0.497 e. The highest BCUT2D eigenvalue weighted by atomic mass is 16.6. The second kappa shape index (κ2) is 19.3. The molecule has 3 atom stereocenters.